The molecular formula is C21H31N3O3S. The molecule has 0 aromatic heterocycles. The van der Waals surface area contributed by atoms with Crippen LogP contribution in [0.25, 0.3) is 0 Å². The van der Waals surface area contributed by atoms with Crippen molar-refractivity contribution in [3.05, 3.63) is 24.3 Å². The van der Waals surface area contributed by atoms with Crippen LogP contribution < -0.4 is 10.1 Å². The number of nitrogens with zero attached hydrogens (tertiary/aromatic N) is 2. The van der Waals surface area contributed by atoms with E-state index in [1.807, 2.05) is 36.1 Å². The average molecular weight is 406 g/mol. The fraction of sp³-hybridized carbons (Fsp3) is 0.619. The molecule has 1 N–H and O–H groups in total. The maximum absolute atomic E-state index is 12.3. The number of para-hydroxylation sites is 2. The maximum Gasteiger partial charge on any atom is 0.410 e. The molecule has 154 valence electrons. The lowest BCUT2D eigenvalue weighted by Crippen LogP contribution is -2.51. The van der Waals surface area contributed by atoms with Crippen LogP contribution >= 0.6 is 12.2 Å². The molecule has 2 fully saturated rings. The zero-order chi connectivity index (χ0) is 20.1. The third-order valence-corrected chi connectivity index (χ3v) is 6.18. The van der Waals surface area contributed by atoms with E-state index in [1.54, 1.807) is 0 Å². The van der Waals surface area contributed by atoms with E-state index < -0.39 is 0 Å². The number of hydrogen-bond acceptors (Lipinski definition) is 4. The van der Waals surface area contributed by atoms with E-state index in [1.165, 1.54) is 0 Å². The summed E-state index contributed by atoms with van der Waals surface area (Å²) in [5, 5.41) is 4.02. The predicted octanol–water partition coefficient (Wildman–Crippen LogP) is 4.11. The molecule has 2 aliphatic heterocycles. The highest BCUT2D eigenvalue weighted by Crippen LogP contribution is 2.29. The molecule has 0 radical (unpaired) electrons. The molecule has 0 aliphatic carbocycles. The van der Waals surface area contributed by atoms with Gasteiger partial charge in [-0.25, -0.2) is 4.79 Å². The van der Waals surface area contributed by atoms with Gasteiger partial charge in [-0.15, -0.1) is 0 Å². The van der Waals surface area contributed by atoms with Gasteiger partial charge in [0, 0.05) is 19.1 Å². The Morgan fingerprint density at radius 1 is 1.32 bits per heavy atom. The first-order valence-corrected chi connectivity index (χ1v) is 10.7. The van der Waals surface area contributed by atoms with Crippen LogP contribution in [0, 0.1) is 5.92 Å². The molecule has 0 bridgehead atoms. The van der Waals surface area contributed by atoms with Crippen molar-refractivity contribution in [2.24, 2.45) is 5.92 Å². The Kier molecular flexibility index (Phi) is 6.99. The first kappa shape index (κ1) is 20.7. The number of benzene rings is 1. The molecule has 3 rings (SSSR count). The van der Waals surface area contributed by atoms with E-state index in [9.17, 15) is 4.79 Å². The molecule has 7 heteroatoms. The first-order chi connectivity index (χ1) is 13.5. The second-order valence-electron chi connectivity index (χ2n) is 7.51. The van der Waals surface area contributed by atoms with E-state index >= 15 is 0 Å². The van der Waals surface area contributed by atoms with Crippen molar-refractivity contribution in [3.63, 3.8) is 0 Å². The summed E-state index contributed by atoms with van der Waals surface area (Å²) in [6.07, 6.45) is 2.69. The van der Waals surface area contributed by atoms with E-state index in [-0.39, 0.29) is 18.2 Å². The summed E-state index contributed by atoms with van der Waals surface area (Å²) in [4.78, 5) is 16.5. The highest BCUT2D eigenvalue weighted by molar-refractivity contribution is 7.80. The Hall–Kier alpha value is -2.02. The fourth-order valence-electron chi connectivity index (χ4n) is 3.97. The first-order valence-electron chi connectivity index (χ1n) is 10.3. The largest absolute Gasteiger partial charge is 0.492 e. The molecule has 1 amide bonds. The van der Waals surface area contributed by atoms with Crippen LogP contribution in [0.3, 0.4) is 0 Å². The Labute approximate surface area is 173 Å². The van der Waals surface area contributed by atoms with Gasteiger partial charge in [0.05, 0.1) is 18.3 Å². The summed E-state index contributed by atoms with van der Waals surface area (Å²) < 4.78 is 11.0. The van der Waals surface area contributed by atoms with Crippen LogP contribution in [-0.2, 0) is 4.74 Å². The standard InChI is InChI=1S/C21H31N3O3S/c1-4-15(3)18-14-27-21(25)24(18)16-10-12-23(13-11-16)20(28)22-17-8-6-7-9-19(17)26-5-2/h6-9,15-16,18H,4-5,10-14H2,1-3H3,(H,22,28). The quantitative estimate of drug-likeness (QED) is 0.719. The SMILES string of the molecule is CCOc1ccccc1NC(=S)N1CCC(N2C(=O)OCC2C(C)CC)CC1. The second kappa shape index (κ2) is 9.45. The fourth-order valence-corrected chi connectivity index (χ4v) is 4.26. The van der Waals surface area contributed by atoms with Crippen molar-refractivity contribution in [1.82, 2.24) is 9.80 Å². The lowest BCUT2D eigenvalue weighted by Gasteiger charge is -2.40. The maximum atomic E-state index is 12.3. The number of amides is 1. The average Bonchev–Trinajstić information content (AvgIpc) is 3.10. The number of carbonyl (C=O) groups excluding carboxylic acids is 1. The highest BCUT2D eigenvalue weighted by Gasteiger charge is 2.41. The zero-order valence-electron chi connectivity index (χ0n) is 17.0. The van der Waals surface area contributed by atoms with Gasteiger partial charge in [0.2, 0.25) is 0 Å². The summed E-state index contributed by atoms with van der Waals surface area (Å²) in [5.74, 6) is 1.25. The molecule has 28 heavy (non-hydrogen) atoms. The van der Waals surface area contributed by atoms with Crippen molar-refractivity contribution in [2.75, 3.05) is 31.6 Å². The van der Waals surface area contributed by atoms with Crippen molar-refractivity contribution < 1.29 is 14.3 Å². The number of rotatable bonds is 6. The third-order valence-electron chi connectivity index (χ3n) is 5.82. The number of hydrogen-bond donors (Lipinski definition) is 1. The molecule has 2 unspecified atom stereocenters. The van der Waals surface area contributed by atoms with Crippen LogP contribution in [0.5, 0.6) is 5.75 Å². The summed E-state index contributed by atoms with van der Waals surface area (Å²) in [5.41, 5.74) is 0.886. The Morgan fingerprint density at radius 2 is 2.04 bits per heavy atom. The van der Waals surface area contributed by atoms with Crippen molar-refractivity contribution in [2.45, 2.75) is 52.1 Å². The van der Waals surface area contributed by atoms with Gasteiger partial charge >= 0.3 is 6.09 Å². The molecule has 0 spiro atoms. The lowest BCUT2D eigenvalue weighted by atomic mass is 9.95. The lowest BCUT2D eigenvalue weighted by molar-refractivity contribution is 0.112. The molecule has 6 nitrogen and oxygen atoms in total. The third kappa shape index (κ3) is 4.51. The highest BCUT2D eigenvalue weighted by atomic mass is 32.1. The second-order valence-corrected chi connectivity index (χ2v) is 7.90. The van der Waals surface area contributed by atoms with E-state index in [2.05, 4.69) is 24.1 Å². The number of thiocarbonyl (C=S) groups is 1. The topological polar surface area (TPSA) is 54.0 Å². The number of piperidine rings is 1. The molecular weight excluding hydrogens is 374 g/mol. The Balaban J connectivity index is 1.58. The van der Waals surface area contributed by atoms with Crippen LogP contribution in [0.1, 0.15) is 40.0 Å². The summed E-state index contributed by atoms with van der Waals surface area (Å²) in [6, 6.07) is 8.25. The molecule has 2 saturated heterocycles. The number of cyclic esters (lactones) is 1. The monoisotopic (exact) mass is 405 g/mol. The van der Waals surface area contributed by atoms with Gasteiger partial charge in [0.25, 0.3) is 0 Å². The molecule has 2 atom stereocenters. The molecule has 2 heterocycles. The van der Waals surface area contributed by atoms with Crippen molar-refractivity contribution in [3.8, 4) is 5.75 Å². The number of anilines is 1. The van der Waals surface area contributed by atoms with Gasteiger partial charge in [0.15, 0.2) is 5.11 Å². The summed E-state index contributed by atoms with van der Waals surface area (Å²) in [7, 11) is 0. The minimum atomic E-state index is -0.157. The number of likely N-dealkylation sites (tertiary alicyclic amines) is 1. The predicted molar refractivity (Wildman–Crippen MR) is 115 cm³/mol. The molecule has 0 saturated carbocycles. The van der Waals surface area contributed by atoms with Crippen LogP contribution in [0.15, 0.2) is 24.3 Å². The van der Waals surface area contributed by atoms with E-state index in [4.69, 9.17) is 21.7 Å². The molecule has 1 aromatic carbocycles. The van der Waals surface area contributed by atoms with Crippen molar-refractivity contribution >= 4 is 29.1 Å². The summed E-state index contributed by atoms with van der Waals surface area (Å²) in [6.45, 7) is 9.11. The number of ether oxygens (including phenoxy) is 2. The Bertz CT molecular complexity index is 691. The normalized spacial score (nSPS) is 21.4. The van der Waals surface area contributed by atoms with E-state index in [0.717, 1.165) is 43.8 Å². The smallest absolute Gasteiger partial charge is 0.410 e. The minimum Gasteiger partial charge on any atom is -0.492 e. The Morgan fingerprint density at radius 3 is 2.71 bits per heavy atom. The van der Waals surface area contributed by atoms with Crippen molar-refractivity contribution in [1.29, 1.82) is 0 Å². The number of nitrogens with one attached hydrogen (secondary N) is 1. The van der Waals surface area contributed by atoms with Crippen LogP contribution in [0.4, 0.5) is 10.5 Å². The zero-order valence-corrected chi connectivity index (χ0v) is 17.8. The van der Waals surface area contributed by atoms with E-state index in [0.29, 0.717) is 24.2 Å². The van der Waals surface area contributed by atoms with Gasteiger partial charge < -0.3 is 19.7 Å². The van der Waals surface area contributed by atoms with Gasteiger partial charge in [-0.2, -0.15) is 0 Å². The van der Waals surface area contributed by atoms with Gasteiger partial charge in [-0.1, -0.05) is 32.4 Å². The van der Waals surface area contributed by atoms with Crippen LogP contribution in [-0.4, -0.2) is 59.4 Å². The van der Waals surface area contributed by atoms with Gasteiger partial charge in [-0.3, -0.25) is 4.90 Å². The minimum absolute atomic E-state index is 0.157. The van der Waals surface area contributed by atoms with Gasteiger partial charge in [-0.05, 0) is 50.0 Å². The molecule has 2 aliphatic rings. The van der Waals surface area contributed by atoms with Gasteiger partial charge in [0.1, 0.15) is 12.4 Å². The van der Waals surface area contributed by atoms with Crippen LogP contribution in [0.2, 0.25) is 0 Å². The number of carbonyl (C=O) groups is 1. The summed E-state index contributed by atoms with van der Waals surface area (Å²) >= 11 is 5.63. The molecule has 1 aromatic rings.